The van der Waals surface area contributed by atoms with E-state index in [2.05, 4.69) is 17.6 Å². The largest absolute Gasteiger partial charge is 0.338 e. The summed E-state index contributed by atoms with van der Waals surface area (Å²) in [5.74, 6) is -0.431. The minimum absolute atomic E-state index is 0.178. The SMILES string of the molecule is CCCCCCCCCCCCCNC(=O)N1CC(=O)NC1=O. The normalized spacial score (nSPS) is 14.2. The summed E-state index contributed by atoms with van der Waals surface area (Å²) in [7, 11) is 0. The summed E-state index contributed by atoms with van der Waals surface area (Å²) in [5, 5.41) is 4.76. The highest BCUT2D eigenvalue weighted by Crippen LogP contribution is 2.11. The van der Waals surface area contributed by atoms with Crippen molar-refractivity contribution in [2.24, 2.45) is 0 Å². The molecule has 0 aromatic rings. The van der Waals surface area contributed by atoms with E-state index in [1.807, 2.05) is 0 Å². The Hall–Kier alpha value is -1.59. The Morgan fingerprint density at radius 2 is 1.48 bits per heavy atom. The number of hydrogen-bond acceptors (Lipinski definition) is 3. The predicted octanol–water partition coefficient (Wildman–Crippen LogP) is 3.56. The van der Waals surface area contributed by atoms with Crippen LogP contribution in [0, 0.1) is 0 Å². The number of urea groups is 2. The Morgan fingerprint density at radius 3 is 1.96 bits per heavy atom. The number of nitrogens with zero attached hydrogens (tertiary/aromatic N) is 1. The number of unbranched alkanes of at least 4 members (excludes halogenated alkanes) is 10. The molecule has 1 aliphatic rings. The maximum Gasteiger partial charge on any atom is 0.332 e. The lowest BCUT2D eigenvalue weighted by Gasteiger charge is -2.12. The van der Waals surface area contributed by atoms with E-state index in [1.165, 1.54) is 57.8 Å². The van der Waals surface area contributed by atoms with Crippen LogP contribution in [0.25, 0.3) is 0 Å². The summed E-state index contributed by atoms with van der Waals surface area (Å²) in [4.78, 5) is 34.9. The molecule has 1 saturated heterocycles. The van der Waals surface area contributed by atoms with Gasteiger partial charge in [0.15, 0.2) is 0 Å². The molecular weight excluding hydrogens is 294 g/mol. The Kier molecular flexibility index (Phi) is 10.1. The van der Waals surface area contributed by atoms with E-state index in [4.69, 9.17) is 0 Å². The molecule has 0 bridgehead atoms. The molecule has 6 nitrogen and oxygen atoms in total. The number of carbonyl (C=O) groups is 3. The maximum atomic E-state index is 11.7. The minimum Gasteiger partial charge on any atom is -0.338 e. The maximum absolute atomic E-state index is 11.7. The Labute approximate surface area is 139 Å². The smallest absolute Gasteiger partial charge is 0.332 e. The van der Waals surface area contributed by atoms with Gasteiger partial charge in [0.05, 0.1) is 0 Å². The highest BCUT2D eigenvalue weighted by molar-refractivity contribution is 6.09. The fourth-order valence-electron chi connectivity index (χ4n) is 2.69. The molecule has 1 fully saturated rings. The van der Waals surface area contributed by atoms with Gasteiger partial charge in [-0.15, -0.1) is 0 Å². The van der Waals surface area contributed by atoms with Crippen LogP contribution in [0.4, 0.5) is 9.59 Å². The highest BCUT2D eigenvalue weighted by Gasteiger charge is 2.31. The van der Waals surface area contributed by atoms with Gasteiger partial charge in [0.25, 0.3) is 0 Å². The van der Waals surface area contributed by atoms with Crippen molar-refractivity contribution in [1.82, 2.24) is 15.5 Å². The lowest BCUT2D eigenvalue weighted by molar-refractivity contribution is -0.118. The molecule has 0 radical (unpaired) electrons. The van der Waals surface area contributed by atoms with Gasteiger partial charge in [0, 0.05) is 6.54 Å². The van der Waals surface area contributed by atoms with Crippen molar-refractivity contribution in [3.05, 3.63) is 0 Å². The van der Waals surface area contributed by atoms with Gasteiger partial charge in [0.2, 0.25) is 5.91 Å². The van der Waals surface area contributed by atoms with Gasteiger partial charge in [-0.1, -0.05) is 71.1 Å². The zero-order chi connectivity index (χ0) is 16.9. The van der Waals surface area contributed by atoms with Crippen LogP contribution in [-0.4, -0.2) is 36.0 Å². The number of carbonyl (C=O) groups excluding carboxylic acids is 3. The first-order valence-corrected chi connectivity index (χ1v) is 9.04. The molecule has 2 N–H and O–H groups in total. The Morgan fingerprint density at radius 1 is 0.957 bits per heavy atom. The van der Waals surface area contributed by atoms with Gasteiger partial charge in [-0.05, 0) is 6.42 Å². The standard InChI is InChI=1S/C17H31N3O3/c1-2-3-4-5-6-7-8-9-10-11-12-13-18-16(22)20-14-15(21)19-17(20)23/h2-14H2,1H3,(H,18,22)(H,19,21,23). The molecule has 0 spiro atoms. The van der Waals surface area contributed by atoms with Crippen LogP contribution < -0.4 is 10.6 Å². The van der Waals surface area contributed by atoms with Gasteiger partial charge >= 0.3 is 12.1 Å². The first-order valence-electron chi connectivity index (χ1n) is 9.04. The quantitative estimate of drug-likeness (QED) is 0.425. The third-order valence-electron chi connectivity index (χ3n) is 4.09. The Bertz CT molecular complexity index is 385. The van der Waals surface area contributed by atoms with Crippen molar-refractivity contribution < 1.29 is 14.4 Å². The van der Waals surface area contributed by atoms with Gasteiger partial charge in [-0.2, -0.15) is 0 Å². The monoisotopic (exact) mass is 325 g/mol. The van der Waals surface area contributed by atoms with Crippen molar-refractivity contribution in [1.29, 1.82) is 0 Å². The fourth-order valence-corrected chi connectivity index (χ4v) is 2.69. The number of imide groups is 2. The molecule has 0 atom stereocenters. The number of nitrogens with one attached hydrogen (secondary N) is 2. The lowest BCUT2D eigenvalue weighted by Crippen LogP contribution is -2.42. The van der Waals surface area contributed by atoms with Crippen LogP contribution >= 0.6 is 0 Å². The minimum atomic E-state index is -0.633. The van der Waals surface area contributed by atoms with Crippen LogP contribution in [0.3, 0.4) is 0 Å². The molecule has 132 valence electrons. The van der Waals surface area contributed by atoms with Crippen molar-refractivity contribution in [3.63, 3.8) is 0 Å². The second-order valence-corrected chi connectivity index (χ2v) is 6.21. The Balaban J connectivity index is 1.87. The summed E-state index contributed by atoms with van der Waals surface area (Å²) >= 11 is 0. The molecular formula is C17H31N3O3. The summed E-state index contributed by atoms with van der Waals surface area (Å²) in [6.45, 7) is 2.61. The van der Waals surface area contributed by atoms with Crippen LogP contribution in [-0.2, 0) is 4.79 Å². The first kappa shape index (κ1) is 19.5. The van der Waals surface area contributed by atoms with Crippen LogP contribution in [0.5, 0.6) is 0 Å². The predicted molar refractivity (Wildman–Crippen MR) is 90.1 cm³/mol. The third kappa shape index (κ3) is 8.57. The summed E-state index contributed by atoms with van der Waals surface area (Å²) in [5.41, 5.74) is 0. The molecule has 0 aromatic carbocycles. The molecule has 1 aliphatic heterocycles. The van der Waals surface area contributed by atoms with Gasteiger partial charge in [-0.3, -0.25) is 10.1 Å². The molecule has 5 amide bonds. The van der Waals surface area contributed by atoms with Crippen molar-refractivity contribution >= 4 is 18.0 Å². The van der Waals surface area contributed by atoms with E-state index < -0.39 is 18.0 Å². The van der Waals surface area contributed by atoms with Crippen molar-refractivity contribution in [2.45, 2.75) is 77.6 Å². The van der Waals surface area contributed by atoms with Crippen LogP contribution in [0.15, 0.2) is 0 Å². The topological polar surface area (TPSA) is 78.5 Å². The van der Waals surface area contributed by atoms with Gasteiger partial charge in [0.1, 0.15) is 6.54 Å². The molecule has 1 heterocycles. The molecule has 0 aromatic heterocycles. The fraction of sp³-hybridized carbons (Fsp3) is 0.824. The first-order chi connectivity index (χ1) is 11.1. The highest BCUT2D eigenvalue weighted by atomic mass is 16.2. The van der Waals surface area contributed by atoms with Crippen molar-refractivity contribution in [2.75, 3.05) is 13.1 Å². The second-order valence-electron chi connectivity index (χ2n) is 6.21. The number of amides is 5. The van der Waals surface area contributed by atoms with E-state index in [9.17, 15) is 14.4 Å². The summed E-state index contributed by atoms with van der Waals surface area (Å²) in [6, 6.07) is -1.12. The zero-order valence-corrected chi connectivity index (χ0v) is 14.4. The van der Waals surface area contributed by atoms with E-state index in [0.29, 0.717) is 6.54 Å². The summed E-state index contributed by atoms with van der Waals surface area (Å²) in [6.07, 6.45) is 13.8. The average Bonchev–Trinajstić information content (AvgIpc) is 2.87. The molecule has 0 saturated carbocycles. The average molecular weight is 325 g/mol. The molecule has 23 heavy (non-hydrogen) atoms. The molecule has 0 unspecified atom stereocenters. The van der Waals surface area contributed by atoms with Gasteiger partial charge in [-0.25, -0.2) is 14.5 Å². The van der Waals surface area contributed by atoms with Crippen LogP contribution in [0.2, 0.25) is 0 Å². The molecule has 6 heteroatoms. The van der Waals surface area contributed by atoms with Gasteiger partial charge < -0.3 is 5.32 Å². The van der Waals surface area contributed by atoms with E-state index in [0.717, 1.165) is 17.7 Å². The van der Waals surface area contributed by atoms with Crippen LogP contribution in [0.1, 0.15) is 77.6 Å². The second kappa shape index (κ2) is 11.9. The molecule has 1 rings (SSSR count). The van der Waals surface area contributed by atoms with E-state index in [1.54, 1.807) is 0 Å². The van der Waals surface area contributed by atoms with E-state index in [-0.39, 0.29) is 6.54 Å². The third-order valence-corrected chi connectivity index (χ3v) is 4.09. The number of rotatable bonds is 12. The van der Waals surface area contributed by atoms with Crippen molar-refractivity contribution in [3.8, 4) is 0 Å². The zero-order valence-electron chi connectivity index (χ0n) is 14.4. The molecule has 0 aliphatic carbocycles. The van der Waals surface area contributed by atoms with E-state index >= 15 is 0 Å². The lowest BCUT2D eigenvalue weighted by atomic mass is 10.1. The number of hydrogen-bond donors (Lipinski definition) is 2. The summed E-state index contributed by atoms with van der Waals surface area (Å²) < 4.78 is 0.